The van der Waals surface area contributed by atoms with Crippen LogP contribution >= 0.6 is 0 Å². The summed E-state index contributed by atoms with van der Waals surface area (Å²) in [7, 11) is 0. The highest BCUT2D eigenvalue weighted by atomic mass is 16.8. The van der Waals surface area contributed by atoms with Crippen molar-refractivity contribution in [2.45, 2.75) is 31.8 Å². The summed E-state index contributed by atoms with van der Waals surface area (Å²) in [6.45, 7) is 11.9. The van der Waals surface area contributed by atoms with E-state index in [9.17, 15) is 15.3 Å². The van der Waals surface area contributed by atoms with Gasteiger partial charge in [-0.05, 0) is 13.8 Å². The normalized spacial score (nSPS) is 15.6. The molecule has 0 saturated heterocycles. The van der Waals surface area contributed by atoms with E-state index in [1.54, 1.807) is 0 Å². The number of aliphatic hydroxyl groups is 3. The van der Waals surface area contributed by atoms with Crippen molar-refractivity contribution in [3.8, 4) is 0 Å². The molecular formula is C16H28O9. The van der Waals surface area contributed by atoms with Gasteiger partial charge < -0.3 is 43.7 Å². The topological polar surface area (TPSA) is 116 Å². The molecule has 146 valence electrons. The zero-order valence-corrected chi connectivity index (χ0v) is 14.7. The summed E-state index contributed by atoms with van der Waals surface area (Å²) < 4.78 is 30.3. The summed E-state index contributed by atoms with van der Waals surface area (Å²) >= 11 is 0. The van der Waals surface area contributed by atoms with Crippen LogP contribution in [0.3, 0.4) is 0 Å². The van der Waals surface area contributed by atoms with Crippen molar-refractivity contribution >= 4 is 0 Å². The third-order valence-corrected chi connectivity index (χ3v) is 2.76. The minimum absolute atomic E-state index is 0.0794. The molecule has 3 atom stereocenters. The number of hydrogen-bond acceptors (Lipinski definition) is 9. The first-order valence-electron chi connectivity index (χ1n) is 7.45. The van der Waals surface area contributed by atoms with E-state index in [1.165, 1.54) is 20.1 Å². The first-order chi connectivity index (χ1) is 11.7. The highest BCUT2D eigenvalue weighted by molar-refractivity contribution is 4.88. The summed E-state index contributed by atoms with van der Waals surface area (Å²) in [5.41, 5.74) is 0. The predicted octanol–water partition coefficient (Wildman–Crippen LogP) is 0.580. The van der Waals surface area contributed by atoms with Gasteiger partial charge in [0.15, 0.2) is 20.4 Å². The van der Waals surface area contributed by atoms with Gasteiger partial charge in [0.05, 0.1) is 6.26 Å². The molecule has 3 unspecified atom stereocenters. The second kappa shape index (κ2) is 12.7. The average molecular weight is 364 g/mol. The second-order valence-corrected chi connectivity index (χ2v) is 5.05. The molecule has 9 nitrogen and oxygen atoms in total. The molecule has 0 aliphatic carbocycles. The van der Waals surface area contributed by atoms with Crippen molar-refractivity contribution in [3.63, 3.8) is 0 Å². The van der Waals surface area contributed by atoms with Crippen molar-refractivity contribution in [2.75, 3.05) is 33.6 Å². The highest BCUT2D eigenvalue weighted by Crippen LogP contribution is 2.12. The molecular weight excluding hydrogens is 336 g/mol. The third kappa shape index (κ3) is 11.5. The molecule has 0 spiro atoms. The minimum Gasteiger partial charge on any atom is -0.476 e. The molecule has 3 N–H and O–H groups in total. The highest BCUT2D eigenvalue weighted by Gasteiger charge is 2.30. The maximum atomic E-state index is 10.4. The van der Waals surface area contributed by atoms with Gasteiger partial charge in [-0.2, -0.15) is 0 Å². The second-order valence-electron chi connectivity index (χ2n) is 5.05. The lowest BCUT2D eigenvalue weighted by molar-refractivity contribution is -0.294. The van der Waals surface area contributed by atoms with E-state index >= 15 is 0 Å². The third-order valence-electron chi connectivity index (χ3n) is 2.76. The molecule has 25 heavy (non-hydrogen) atoms. The van der Waals surface area contributed by atoms with Crippen molar-refractivity contribution in [3.05, 3.63) is 37.5 Å². The quantitative estimate of drug-likeness (QED) is 0.205. The van der Waals surface area contributed by atoms with Crippen LogP contribution in [0.1, 0.15) is 13.8 Å². The van der Waals surface area contributed by atoms with Crippen molar-refractivity contribution in [1.82, 2.24) is 0 Å². The standard InChI is InChI=1S/C16H28O9/c1-6-20-9-21-7-16(19,25-11-24-15(5)13(3)18)8-22-10-23-14(4)12(2)17/h6,12-13,17-19H,1,4-5,7-11H2,2-3H3. The van der Waals surface area contributed by atoms with Crippen LogP contribution in [0.4, 0.5) is 0 Å². The van der Waals surface area contributed by atoms with Gasteiger partial charge in [-0.25, -0.2) is 0 Å². The van der Waals surface area contributed by atoms with Crippen molar-refractivity contribution in [2.24, 2.45) is 0 Å². The maximum absolute atomic E-state index is 10.4. The SMILES string of the molecule is C=COCOCC(O)(COCOC(=C)C(C)O)OCOC(=C)C(C)O. The van der Waals surface area contributed by atoms with Crippen LogP contribution < -0.4 is 0 Å². The molecule has 0 rings (SSSR count). The first kappa shape index (κ1) is 23.4. The Labute approximate surface area is 147 Å². The summed E-state index contributed by atoms with van der Waals surface area (Å²) in [5.74, 6) is -1.67. The van der Waals surface area contributed by atoms with Gasteiger partial charge in [0.25, 0.3) is 0 Å². The molecule has 0 aliphatic rings. The lowest BCUT2D eigenvalue weighted by Gasteiger charge is -2.28. The van der Waals surface area contributed by atoms with Crippen LogP contribution in [0.2, 0.25) is 0 Å². The van der Waals surface area contributed by atoms with Crippen LogP contribution in [0.15, 0.2) is 37.5 Å². The lowest BCUT2D eigenvalue weighted by Crippen LogP contribution is -2.43. The number of rotatable bonds is 16. The van der Waals surface area contributed by atoms with E-state index in [0.29, 0.717) is 0 Å². The lowest BCUT2D eigenvalue weighted by atomic mass is 10.3. The Morgan fingerprint density at radius 2 is 1.44 bits per heavy atom. The average Bonchev–Trinajstić information content (AvgIpc) is 2.55. The number of aliphatic hydroxyl groups excluding tert-OH is 2. The van der Waals surface area contributed by atoms with Crippen LogP contribution in [0.5, 0.6) is 0 Å². The predicted molar refractivity (Wildman–Crippen MR) is 87.6 cm³/mol. The molecule has 0 bridgehead atoms. The summed E-state index contributed by atoms with van der Waals surface area (Å²) in [4.78, 5) is 0. The summed E-state index contributed by atoms with van der Waals surface area (Å²) in [5, 5.41) is 28.9. The Kier molecular flexibility index (Phi) is 11.9. The Morgan fingerprint density at radius 1 is 0.960 bits per heavy atom. The van der Waals surface area contributed by atoms with E-state index in [1.807, 2.05) is 0 Å². The van der Waals surface area contributed by atoms with Gasteiger partial charge in [-0.15, -0.1) is 0 Å². The molecule has 0 aliphatic heterocycles. The van der Waals surface area contributed by atoms with Crippen molar-refractivity contribution in [1.29, 1.82) is 0 Å². The van der Waals surface area contributed by atoms with Gasteiger partial charge >= 0.3 is 0 Å². The Morgan fingerprint density at radius 3 is 1.92 bits per heavy atom. The fourth-order valence-electron chi connectivity index (χ4n) is 1.20. The van der Waals surface area contributed by atoms with Crippen LogP contribution in [-0.4, -0.2) is 66.9 Å². The van der Waals surface area contributed by atoms with Crippen LogP contribution in [0, 0.1) is 0 Å². The largest absolute Gasteiger partial charge is 0.476 e. The molecule has 0 aromatic carbocycles. The fraction of sp³-hybridized carbons (Fsp3) is 0.625. The van der Waals surface area contributed by atoms with E-state index in [-0.39, 0.29) is 38.3 Å². The number of ether oxygens (including phenoxy) is 6. The molecule has 0 heterocycles. The fourth-order valence-corrected chi connectivity index (χ4v) is 1.20. The molecule has 0 radical (unpaired) electrons. The van der Waals surface area contributed by atoms with Crippen LogP contribution in [-0.2, 0) is 28.4 Å². The molecule has 0 aromatic rings. The smallest absolute Gasteiger partial charge is 0.217 e. The van der Waals surface area contributed by atoms with Gasteiger partial charge in [0, 0.05) is 0 Å². The monoisotopic (exact) mass is 364 g/mol. The Hall–Kier alpha value is -1.62. The Bertz CT molecular complexity index is 408. The van der Waals surface area contributed by atoms with E-state index in [2.05, 4.69) is 19.7 Å². The van der Waals surface area contributed by atoms with E-state index in [0.717, 1.165) is 0 Å². The summed E-state index contributed by atoms with van der Waals surface area (Å²) in [6.07, 6.45) is -0.551. The van der Waals surface area contributed by atoms with E-state index < -0.39 is 24.8 Å². The zero-order valence-electron chi connectivity index (χ0n) is 14.7. The molecule has 0 saturated carbocycles. The first-order valence-corrected chi connectivity index (χ1v) is 7.45. The maximum Gasteiger partial charge on any atom is 0.217 e. The summed E-state index contributed by atoms with van der Waals surface area (Å²) in [6, 6.07) is 0. The van der Waals surface area contributed by atoms with E-state index in [4.69, 9.17) is 28.4 Å². The van der Waals surface area contributed by atoms with Crippen molar-refractivity contribution < 1.29 is 43.7 Å². The molecule has 0 fully saturated rings. The minimum atomic E-state index is -1.88. The molecule has 9 heteroatoms. The van der Waals surface area contributed by atoms with Gasteiger partial charge in [-0.3, -0.25) is 0 Å². The Balaban J connectivity index is 4.37. The number of hydrogen-bond donors (Lipinski definition) is 3. The van der Waals surface area contributed by atoms with Gasteiger partial charge in [-0.1, -0.05) is 19.7 Å². The molecule has 0 aromatic heterocycles. The molecule has 0 amide bonds. The zero-order chi connectivity index (χ0) is 19.3. The van der Waals surface area contributed by atoms with Gasteiger partial charge in [0.2, 0.25) is 5.79 Å². The van der Waals surface area contributed by atoms with Gasteiger partial charge in [0.1, 0.15) is 36.9 Å². The van der Waals surface area contributed by atoms with Crippen LogP contribution in [0.25, 0.3) is 0 Å².